The lowest BCUT2D eigenvalue weighted by Gasteiger charge is -2.35. The van der Waals surface area contributed by atoms with Crippen molar-refractivity contribution in [2.45, 2.75) is 50.4 Å². The zero-order chi connectivity index (χ0) is 20.9. The van der Waals surface area contributed by atoms with Crippen LogP contribution >= 0.6 is 22.6 Å². The van der Waals surface area contributed by atoms with E-state index in [0.29, 0.717) is 31.0 Å². The first-order valence-electron chi connectivity index (χ1n) is 9.28. The fourth-order valence-electron chi connectivity index (χ4n) is 3.94. The first kappa shape index (κ1) is 20.4. The molecule has 1 aliphatic heterocycles. The summed E-state index contributed by atoms with van der Waals surface area (Å²) in [5.41, 5.74) is -0.179. The molecule has 0 radical (unpaired) electrons. The Labute approximate surface area is 177 Å². The molecule has 1 aliphatic carbocycles. The van der Waals surface area contributed by atoms with E-state index >= 15 is 0 Å². The molecule has 1 atom stereocenters. The van der Waals surface area contributed by atoms with Gasteiger partial charge in [-0.05, 0) is 66.0 Å². The Kier molecular flexibility index (Phi) is 5.24. The van der Waals surface area contributed by atoms with Crippen LogP contribution in [0.2, 0.25) is 0 Å². The van der Waals surface area contributed by atoms with Crippen LogP contribution in [0.5, 0.6) is 0 Å². The third-order valence-electron chi connectivity index (χ3n) is 5.48. The van der Waals surface area contributed by atoms with Crippen LogP contribution in [0.4, 0.5) is 22.4 Å². The summed E-state index contributed by atoms with van der Waals surface area (Å²) in [6, 6.07) is 2.43. The van der Waals surface area contributed by atoms with E-state index < -0.39 is 29.7 Å². The summed E-state index contributed by atoms with van der Waals surface area (Å²) in [5.74, 6) is 0.0640. The topological polar surface area (TPSA) is 58.4 Å². The maximum atomic E-state index is 13.5. The van der Waals surface area contributed by atoms with Crippen LogP contribution in [-0.2, 0) is 19.1 Å². The van der Waals surface area contributed by atoms with Gasteiger partial charge in [0.05, 0.1) is 17.3 Å². The zero-order valence-corrected chi connectivity index (χ0v) is 17.4. The molecule has 5 nitrogen and oxygen atoms in total. The van der Waals surface area contributed by atoms with Crippen LogP contribution in [0.3, 0.4) is 0 Å². The van der Waals surface area contributed by atoms with Crippen molar-refractivity contribution in [1.29, 1.82) is 0 Å². The summed E-state index contributed by atoms with van der Waals surface area (Å²) in [7, 11) is 0. The molecule has 1 aromatic heterocycles. The van der Waals surface area contributed by atoms with Gasteiger partial charge in [0.2, 0.25) is 0 Å². The van der Waals surface area contributed by atoms with Gasteiger partial charge in [-0.3, -0.25) is 4.90 Å². The first-order valence-corrected chi connectivity index (χ1v) is 10.4. The van der Waals surface area contributed by atoms with Gasteiger partial charge < -0.3 is 9.67 Å². The van der Waals surface area contributed by atoms with E-state index in [0.717, 1.165) is 40.2 Å². The van der Waals surface area contributed by atoms with Crippen LogP contribution < -0.4 is 0 Å². The Morgan fingerprint density at radius 3 is 2.62 bits per heavy atom. The number of halogens is 5. The largest absolute Gasteiger partial charge is 0.465 e. The minimum atomic E-state index is -4.77. The SMILES string of the molecule is O=C(O)N1CCn2c(C3CC3)nc(I)c2C1CCc1ccc(F)c(C(F)(F)F)c1. The van der Waals surface area contributed by atoms with Gasteiger partial charge in [0.25, 0.3) is 0 Å². The standard InChI is InChI=1S/C19H18F4IN3O2/c20-13-5-1-10(9-12(13)19(21,22)23)2-6-14-15-16(24)25-17(11-3-4-11)27(15)8-7-26(14)18(28)29/h1,5,9,11,14H,2-4,6-8H2,(H,28,29). The normalized spacial score (nSPS) is 19.3. The number of imidazole rings is 1. The highest BCUT2D eigenvalue weighted by Gasteiger charge is 2.39. The zero-order valence-electron chi connectivity index (χ0n) is 15.2. The number of aryl methyl sites for hydroxylation is 1. The van der Waals surface area contributed by atoms with Gasteiger partial charge >= 0.3 is 12.3 Å². The second-order valence-corrected chi connectivity index (χ2v) is 8.44. The van der Waals surface area contributed by atoms with Gasteiger partial charge in [-0.2, -0.15) is 13.2 Å². The van der Waals surface area contributed by atoms with Crippen molar-refractivity contribution in [3.8, 4) is 0 Å². The molecule has 2 aromatic rings. The number of alkyl halides is 3. The summed E-state index contributed by atoms with van der Waals surface area (Å²) >= 11 is 2.10. The van der Waals surface area contributed by atoms with Crippen molar-refractivity contribution >= 4 is 28.7 Å². The van der Waals surface area contributed by atoms with Gasteiger partial charge in [-0.25, -0.2) is 14.2 Å². The van der Waals surface area contributed by atoms with Crippen molar-refractivity contribution < 1.29 is 27.5 Å². The molecule has 10 heteroatoms. The van der Waals surface area contributed by atoms with Crippen LogP contribution in [0.15, 0.2) is 18.2 Å². The van der Waals surface area contributed by atoms with Crippen LogP contribution in [0.25, 0.3) is 0 Å². The lowest BCUT2D eigenvalue weighted by molar-refractivity contribution is -0.140. The molecule has 0 bridgehead atoms. The Morgan fingerprint density at radius 1 is 1.28 bits per heavy atom. The molecule has 2 heterocycles. The molecule has 0 saturated heterocycles. The number of hydrogen-bond acceptors (Lipinski definition) is 2. The Morgan fingerprint density at radius 2 is 2.00 bits per heavy atom. The maximum absolute atomic E-state index is 13.5. The minimum absolute atomic E-state index is 0.192. The van der Waals surface area contributed by atoms with Crippen molar-refractivity contribution in [3.63, 3.8) is 0 Å². The fraction of sp³-hybridized carbons (Fsp3) is 0.474. The van der Waals surface area contributed by atoms with Crippen molar-refractivity contribution in [2.24, 2.45) is 0 Å². The number of aromatic nitrogens is 2. The minimum Gasteiger partial charge on any atom is -0.465 e. The number of rotatable bonds is 4. The van der Waals surface area contributed by atoms with Gasteiger partial charge in [0.15, 0.2) is 0 Å². The molecule has 1 aromatic carbocycles. The van der Waals surface area contributed by atoms with Gasteiger partial charge in [0, 0.05) is 19.0 Å². The van der Waals surface area contributed by atoms with Crippen LogP contribution in [0, 0.1) is 9.52 Å². The molecule has 1 amide bonds. The average Bonchev–Trinajstić information content (AvgIpc) is 3.43. The third kappa shape index (κ3) is 3.95. The number of carboxylic acid groups (broad SMARTS) is 1. The number of nitrogens with zero attached hydrogens (tertiary/aromatic N) is 3. The van der Waals surface area contributed by atoms with Gasteiger partial charge in [0.1, 0.15) is 15.3 Å². The average molecular weight is 523 g/mol. The molecule has 4 rings (SSSR count). The Hall–Kier alpha value is -1.85. The van der Waals surface area contributed by atoms with E-state index in [4.69, 9.17) is 0 Å². The van der Waals surface area contributed by atoms with Crippen LogP contribution in [0.1, 0.15) is 53.9 Å². The van der Waals surface area contributed by atoms with Crippen molar-refractivity contribution in [3.05, 3.63) is 50.4 Å². The first-order chi connectivity index (χ1) is 13.7. The monoisotopic (exact) mass is 523 g/mol. The van der Waals surface area contributed by atoms with E-state index in [-0.39, 0.29) is 6.42 Å². The molecule has 29 heavy (non-hydrogen) atoms. The highest BCUT2D eigenvalue weighted by molar-refractivity contribution is 14.1. The predicted molar refractivity (Wildman–Crippen MR) is 104 cm³/mol. The van der Waals surface area contributed by atoms with E-state index in [1.165, 1.54) is 11.0 Å². The Balaban J connectivity index is 1.63. The quantitative estimate of drug-likeness (QED) is 0.444. The molecule has 156 valence electrons. The van der Waals surface area contributed by atoms with Gasteiger partial charge in [-0.15, -0.1) is 0 Å². The summed E-state index contributed by atoms with van der Waals surface area (Å²) in [4.78, 5) is 17.7. The second-order valence-electron chi connectivity index (χ2n) is 7.41. The highest BCUT2D eigenvalue weighted by Crippen LogP contribution is 2.43. The summed E-state index contributed by atoms with van der Waals surface area (Å²) in [6.07, 6.45) is -3.23. The van der Waals surface area contributed by atoms with Crippen molar-refractivity contribution in [1.82, 2.24) is 14.5 Å². The van der Waals surface area contributed by atoms with E-state index in [1.807, 2.05) is 0 Å². The molecule has 0 spiro atoms. The fourth-order valence-corrected chi connectivity index (χ4v) is 4.84. The molecular weight excluding hydrogens is 505 g/mol. The predicted octanol–water partition coefficient (Wildman–Crippen LogP) is 5.19. The lowest BCUT2D eigenvalue weighted by atomic mass is 9.99. The Bertz CT molecular complexity index is 956. The number of hydrogen-bond donors (Lipinski definition) is 1. The third-order valence-corrected chi connectivity index (χ3v) is 6.27. The number of benzene rings is 1. The smallest absolute Gasteiger partial charge is 0.419 e. The van der Waals surface area contributed by atoms with E-state index in [1.54, 1.807) is 0 Å². The summed E-state index contributed by atoms with van der Waals surface area (Å²) < 4.78 is 55.3. The number of fused-ring (bicyclic) bond motifs is 1. The van der Waals surface area contributed by atoms with Crippen molar-refractivity contribution in [2.75, 3.05) is 6.54 Å². The molecule has 1 unspecified atom stereocenters. The summed E-state index contributed by atoms with van der Waals surface area (Å²) in [6.45, 7) is 0.825. The molecule has 1 fully saturated rings. The lowest BCUT2D eigenvalue weighted by Crippen LogP contribution is -2.42. The van der Waals surface area contributed by atoms with E-state index in [9.17, 15) is 27.5 Å². The number of amides is 1. The molecule has 2 aliphatic rings. The summed E-state index contributed by atoms with van der Waals surface area (Å²) in [5, 5.41) is 9.63. The molecule has 1 N–H and O–H groups in total. The van der Waals surface area contributed by atoms with Crippen LogP contribution in [-0.4, -0.2) is 32.2 Å². The maximum Gasteiger partial charge on any atom is 0.419 e. The number of carbonyl (C=O) groups is 1. The highest BCUT2D eigenvalue weighted by atomic mass is 127. The van der Waals surface area contributed by atoms with E-state index in [2.05, 4.69) is 32.1 Å². The molecule has 1 saturated carbocycles. The molecular formula is C19H18F4IN3O2. The second kappa shape index (κ2) is 7.44. The van der Waals surface area contributed by atoms with Gasteiger partial charge in [-0.1, -0.05) is 6.07 Å².